The molecule has 0 aliphatic heterocycles. The van der Waals surface area contributed by atoms with Crippen molar-refractivity contribution in [2.75, 3.05) is 6.54 Å². The Kier molecular flexibility index (Phi) is 7.30. The number of benzene rings is 2. The fourth-order valence-corrected chi connectivity index (χ4v) is 3.93. The van der Waals surface area contributed by atoms with E-state index in [-0.39, 0.29) is 23.3 Å². The lowest BCUT2D eigenvalue weighted by Gasteiger charge is -2.29. The molecule has 0 spiro atoms. The van der Waals surface area contributed by atoms with Gasteiger partial charge in [0, 0.05) is 30.3 Å². The molecule has 2 aromatic carbocycles. The Morgan fingerprint density at radius 3 is 2.42 bits per heavy atom. The normalized spacial score (nSPS) is 19.3. The van der Waals surface area contributed by atoms with Crippen LogP contribution in [0.5, 0.6) is 0 Å². The third kappa shape index (κ3) is 6.26. The zero-order valence-corrected chi connectivity index (χ0v) is 17.2. The van der Waals surface area contributed by atoms with Gasteiger partial charge in [-0.3, -0.25) is 4.79 Å². The van der Waals surface area contributed by atoms with E-state index in [0.717, 1.165) is 37.3 Å². The monoisotopic (exact) mass is 440 g/mol. The summed E-state index contributed by atoms with van der Waals surface area (Å²) < 4.78 is 65.9. The summed E-state index contributed by atoms with van der Waals surface area (Å²) in [5.41, 5.74) is 0.0254. The Labute approximate surface area is 178 Å². The second-order valence-electron chi connectivity index (χ2n) is 8.07. The SMILES string of the molecule is Cc1cccc(F)c1CNC1CCC(CNC(=O)c2cc(F)cc(C(F)(F)F)c2)CC1. The molecule has 0 aromatic heterocycles. The van der Waals surface area contributed by atoms with Crippen molar-refractivity contribution in [3.63, 3.8) is 0 Å². The molecule has 8 heteroatoms. The Morgan fingerprint density at radius 2 is 1.77 bits per heavy atom. The topological polar surface area (TPSA) is 41.1 Å². The lowest BCUT2D eigenvalue weighted by Crippen LogP contribution is -2.37. The maximum absolute atomic E-state index is 13.9. The van der Waals surface area contributed by atoms with Gasteiger partial charge in [0.25, 0.3) is 5.91 Å². The maximum atomic E-state index is 13.9. The van der Waals surface area contributed by atoms with Crippen LogP contribution in [-0.2, 0) is 12.7 Å². The van der Waals surface area contributed by atoms with Crippen LogP contribution in [0.1, 0.15) is 52.7 Å². The molecule has 0 radical (unpaired) electrons. The Balaban J connectivity index is 1.46. The summed E-state index contributed by atoms with van der Waals surface area (Å²) in [6, 6.07) is 7.06. The molecule has 2 aromatic rings. The molecule has 2 N–H and O–H groups in total. The van der Waals surface area contributed by atoms with Gasteiger partial charge in [0.2, 0.25) is 0 Å². The van der Waals surface area contributed by atoms with E-state index < -0.39 is 23.5 Å². The fraction of sp³-hybridized carbons (Fsp3) is 0.435. The van der Waals surface area contributed by atoms with Crippen molar-refractivity contribution in [3.8, 4) is 0 Å². The van der Waals surface area contributed by atoms with Crippen molar-refractivity contribution in [1.82, 2.24) is 10.6 Å². The van der Waals surface area contributed by atoms with Crippen molar-refractivity contribution < 1.29 is 26.7 Å². The van der Waals surface area contributed by atoms with E-state index in [0.29, 0.717) is 30.8 Å². The highest BCUT2D eigenvalue weighted by Gasteiger charge is 2.32. The Hall–Kier alpha value is -2.48. The molecule has 0 saturated heterocycles. The molecule has 1 fully saturated rings. The van der Waals surface area contributed by atoms with Crippen LogP contribution in [0, 0.1) is 24.5 Å². The number of alkyl halides is 3. The van der Waals surface area contributed by atoms with Crippen molar-refractivity contribution in [3.05, 3.63) is 70.3 Å². The summed E-state index contributed by atoms with van der Waals surface area (Å²) in [4.78, 5) is 12.2. The van der Waals surface area contributed by atoms with Gasteiger partial charge >= 0.3 is 6.18 Å². The molecule has 1 saturated carbocycles. The number of hydrogen-bond donors (Lipinski definition) is 2. The van der Waals surface area contributed by atoms with Crippen LogP contribution in [0.4, 0.5) is 22.0 Å². The summed E-state index contributed by atoms with van der Waals surface area (Å²) >= 11 is 0. The van der Waals surface area contributed by atoms with E-state index in [9.17, 15) is 26.7 Å². The summed E-state index contributed by atoms with van der Waals surface area (Å²) in [5, 5.41) is 6.00. The van der Waals surface area contributed by atoms with Gasteiger partial charge < -0.3 is 10.6 Å². The number of carbonyl (C=O) groups excluding carboxylic acids is 1. The molecule has 0 bridgehead atoms. The number of carbonyl (C=O) groups is 1. The van der Waals surface area contributed by atoms with E-state index in [1.807, 2.05) is 13.0 Å². The molecule has 3 rings (SSSR count). The van der Waals surface area contributed by atoms with E-state index in [4.69, 9.17) is 0 Å². The summed E-state index contributed by atoms with van der Waals surface area (Å²) in [7, 11) is 0. The number of nitrogens with one attached hydrogen (secondary N) is 2. The van der Waals surface area contributed by atoms with E-state index in [1.165, 1.54) is 6.07 Å². The second kappa shape index (κ2) is 9.77. The molecule has 0 heterocycles. The van der Waals surface area contributed by atoms with Crippen LogP contribution >= 0.6 is 0 Å². The van der Waals surface area contributed by atoms with Gasteiger partial charge in [-0.1, -0.05) is 12.1 Å². The molecule has 0 unspecified atom stereocenters. The molecule has 1 aliphatic carbocycles. The third-order valence-corrected chi connectivity index (χ3v) is 5.81. The lowest BCUT2D eigenvalue weighted by molar-refractivity contribution is -0.137. The molecule has 0 atom stereocenters. The zero-order chi connectivity index (χ0) is 22.6. The van der Waals surface area contributed by atoms with Crippen molar-refractivity contribution in [2.24, 2.45) is 5.92 Å². The first-order chi connectivity index (χ1) is 14.6. The second-order valence-corrected chi connectivity index (χ2v) is 8.07. The van der Waals surface area contributed by atoms with Crippen LogP contribution in [-0.4, -0.2) is 18.5 Å². The average Bonchev–Trinajstić information content (AvgIpc) is 2.71. The summed E-state index contributed by atoms with van der Waals surface area (Å²) in [6.45, 7) is 2.64. The molecule has 1 amide bonds. The summed E-state index contributed by atoms with van der Waals surface area (Å²) in [6.07, 6.45) is -1.36. The van der Waals surface area contributed by atoms with Gasteiger partial charge in [0.15, 0.2) is 0 Å². The number of hydrogen-bond acceptors (Lipinski definition) is 2. The molecular weight excluding hydrogens is 415 g/mol. The lowest BCUT2D eigenvalue weighted by atomic mass is 9.86. The van der Waals surface area contributed by atoms with E-state index >= 15 is 0 Å². The Bertz CT molecular complexity index is 900. The molecule has 1 aliphatic rings. The number of halogens is 5. The standard InChI is InChI=1S/C23H25F5N2O/c1-14-3-2-4-21(25)20(14)13-29-19-7-5-15(6-8-19)12-30-22(31)16-9-17(23(26,27)28)11-18(24)10-16/h2-4,9-11,15,19,29H,5-8,12-13H2,1H3,(H,30,31). The predicted molar refractivity (Wildman–Crippen MR) is 107 cm³/mol. The molecule has 31 heavy (non-hydrogen) atoms. The van der Waals surface area contributed by atoms with E-state index in [1.54, 1.807) is 6.07 Å². The highest BCUT2D eigenvalue weighted by Crippen LogP contribution is 2.30. The minimum absolute atomic E-state index is 0.188. The first-order valence-electron chi connectivity index (χ1n) is 10.3. The van der Waals surface area contributed by atoms with Crippen LogP contribution in [0.2, 0.25) is 0 Å². The molecular formula is C23H25F5N2O. The smallest absolute Gasteiger partial charge is 0.352 e. The minimum atomic E-state index is -4.72. The van der Waals surface area contributed by atoms with Crippen molar-refractivity contribution in [1.29, 1.82) is 0 Å². The fourth-order valence-electron chi connectivity index (χ4n) is 3.93. The van der Waals surface area contributed by atoms with Crippen LogP contribution in [0.3, 0.4) is 0 Å². The van der Waals surface area contributed by atoms with Gasteiger partial charge in [-0.05, 0) is 68.4 Å². The molecule has 3 nitrogen and oxygen atoms in total. The van der Waals surface area contributed by atoms with Crippen molar-refractivity contribution in [2.45, 2.75) is 51.4 Å². The number of aryl methyl sites for hydroxylation is 1. The van der Waals surface area contributed by atoms with Gasteiger partial charge in [-0.2, -0.15) is 13.2 Å². The quantitative estimate of drug-likeness (QED) is 0.593. The summed E-state index contributed by atoms with van der Waals surface area (Å²) in [5.74, 6) is -1.86. The number of rotatable bonds is 6. The minimum Gasteiger partial charge on any atom is -0.352 e. The first kappa shape index (κ1) is 23.2. The van der Waals surface area contributed by atoms with Crippen LogP contribution in [0.15, 0.2) is 36.4 Å². The highest BCUT2D eigenvalue weighted by molar-refractivity contribution is 5.94. The number of amides is 1. The zero-order valence-electron chi connectivity index (χ0n) is 17.2. The van der Waals surface area contributed by atoms with Crippen LogP contribution < -0.4 is 10.6 Å². The predicted octanol–water partition coefficient (Wildman–Crippen LogP) is 5.37. The largest absolute Gasteiger partial charge is 0.416 e. The Morgan fingerprint density at radius 1 is 1.06 bits per heavy atom. The van der Waals surface area contributed by atoms with Gasteiger partial charge in [0.05, 0.1) is 5.56 Å². The van der Waals surface area contributed by atoms with Gasteiger partial charge in [-0.15, -0.1) is 0 Å². The molecule has 168 valence electrons. The third-order valence-electron chi connectivity index (χ3n) is 5.81. The van der Waals surface area contributed by atoms with Crippen molar-refractivity contribution >= 4 is 5.91 Å². The van der Waals surface area contributed by atoms with Crippen LogP contribution in [0.25, 0.3) is 0 Å². The maximum Gasteiger partial charge on any atom is 0.416 e. The van der Waals surface area contributed by atoms with E-state index in [2.05, 4.69) is 10.6 Å². The highest BCUT2D eigenvalue weighted by atomic mass is 19.4. The van der Waals surface area contributed by atoms with Gasteiger partial charge in [-0.25, -0.2) is 8.78 Å². The van der Waals surface area contributed by atoms with Gasteiger partial charge in [0.1, 0.15) is 11.6 Å². The first-order valence-corrected chi connectivity index (χ1v) is 10.3. The average molecular weight is 440 g/mol.